The van der Waals surface area contributed by atoms with Crippen LogP contribution >= 0.6 is 0 Å². The number of hydrogen-bond acceptors (Lipinski definition) is 4. The van der Waals surface area contributed by atoms with Crippen LogP contribution < -0.4 is 9.64 Å². The molecule has 1 aliphatic rings. The van der Waals surface area contributed by atoms with E-state index in [2.05, 4.69) is 20.9 Å². The molecule has 0 spiro atoms. The van der Waals surface area contributed by atoms with Gasteiger partial charge in [-0.2, -0.15) is 5.26 Å². The number of aromatic amines is 1. The van der Waals surface area contributed by atoms with E-state index < -0.39 is 0 Å². The fourth-order valence-corrected chi connectivity index (χ4v) is 2.08. The Labute approximate surface area is 105 Å². The van der Waals surface area contributed by atoms with Gasteiger partial charge in [0.05, 0.1) is 42.4 Å². The highest BCUT2D eigenvalue weighted by Crippen LogP contribution is 2.33. The minimum absolute atomic E-state index is 0.645. The molecule has 2 heterocycles. The monoisotopic (exact) mass is 240 g/mol. The largest absolute Gasteiger partial charge is 0.490 e. The zero-order valence-corrected chi connectivity index (χ0v) is 9.76. The van der Waals surface area contributed by atoms with E-state index in [0.29, 0.717) is 12.2 Å². The minimum Gasteiger partial charge on any atom is -0.490 e. The maximum Gasteiger partial charge on any atom is 0.142 e. The molecule has 0 radical (unpaired) electrons. The Morgan fingerprint density at radius 3 is 3.22 bits per heavy atom. The second-order valence-electron chi connectivity index (χ2n) is 4.12. The molecule has 1 N–H and O–H groups in total. The molecule has 5 nitrogen and oxygen atoms in total. The van der Waals surface area contributed by atoms with Gasteiger partial charge in [0.2, 0.25) is 0 Å². The first-order chi connectivity index (χ1) is 8.86. The lowest BCUT2D eigenvalue weighted by Gasteiger charge is -2.30. The quantitative estimate of drug-likeness (QED) is 0.867. The number of nitrogens with one attached hydrogen (secondary N) is 1. The molecule has 1 aromatic carbocycles. The maximum atomic E-state index is 8.96. The van der Waals surface area contributed by atoms with Crippen molar-refractivity contribution in [1.82, 2.24) is 9.97 Å². The number of H-pyrrole nitrogens is 1. The summed E-state index contributed by atoms with van der Waals surface area (Å²) in [4.78, 5) is 9.34. The molecule has 5 heteroatoms. The fraction of sp³-hybridized carbons (Fsp3) is 0.231. The van der Waals surface area contributed by atoms with Gasteiger partial charge < -0.3 is 14.6 Å². The Morgan fingerprint density at radius 2 is 2.44 bits per heavy atom. The van der Waals surface area contributed by atoms with Crippen molar-refractivity contribution in [1.29, 1.82) is 5.26 Å². The van der Waals surface area contributed by atoms with Gasteiger partial charge in [-0.05, 0) is 18.2 Å². The van der Waals surface area contributed by atoms with Gasteiger partial charge in [-0.25, -0.2) is 4.98 Å². The minimum atomic E-state index is 0.645. The number of benzene rings is 1. The van der Waals surface area contributed by atoms with Gasteiger partial charge in [-0.15, -0.1) is 0 Å². The van der Waals surface area contributed by atoms with E-state index in [0.717, 1.165) is 30.2 Å². The zero-order valence-electron chi connectivity index (χ0n) is 9.76. The topological polar surface area (TPSA) is 64.9 Å². The van der Waals surface area contributed by atoms with Crippen molar-refractivity contribution in [3.05, 3.63) is 42.0 Å². The van der Waals surface area contributed by atoms with Crippen LogP contribution in [0.5, 0.6) is 5.75 Å². The van der Waals surface area contributed by atoms with Gasteiger partial charge in [-0.1, -0.05) is 0 Å². The lowest BCUT2D eigenvalue weighted by Crippen LogP contribution is -2.32. The molecule has 0 amide bonds. The van der Waals surface area contributed by atoms with Crippen LogP contribution in [0.25, 0.3) is 0 Å². The van der Waals surface area contributed by atoms with Crippen molar-refractivity contribution >= 4 is 5.69 Å². The summed E-state index contributed by atoms with van der Waals surface area (Å²) in [6.07, 6.45) is 3.55. The van der Waals surface area contributed by atoms with Crippen molar-refractivity contribution in [2.45, 2.75) is 6.54 Å². The summed E-state index contributed by atoms with van der Waals surface area (Å²) in [5.41, 5.74) is 2.58. The van der Waals surface area contributed by atoms with Crippen molar-refractivity contribution in [3.8, 4) is 11.8 Å². The molecule has 1 aliphatic heterocycles. The molecule has 0 saturated carbocycles. The van der Waals surface area contributed by atoms with Crippen LogP contribution in [-0.4, -0.2) is 23.1 Å². The molecule has 90 valence electrons. The van der Waals surface area contributed by atoms with E-state index >= 15 is 0 Å². The Hall–Kier alpha value is -2.48. The first-order valence-electron chi connectivity index (χ1n) is 5.76. The average molecular weight is 240 g/mol. The third-order valence-electron chi connectivity index (χ3n) is 2.96. The van der Waals surface area contributed by atoms with Crippen molar-refractivity contribution < 1.29 is 4.74 Å². The lowest BCUT2D eigenvalue weighted by atomic mass is 10.1. The SMILES string of the molecule is N#Cc1ccc2c(c1)N(Cc1c[nH]cn1)CCO2. The van der Waals surface area contributed by atoms with Gasteiger partial charge in [-0.3, -0.25) is 0 Å². The molecular formula is C13H12N4O. The molecule has 0 saturated heterocycles. The number of ether oxygens (including phenoxy) is 1. The number of imidazole rings is 1. The standard InChI is InChI=1S/C13H12N4O/c14-6-10-1-2-13-12(5-10)17(3-4-18-13)8-11-7-15-9-16-11/h1-2,5,7,9H,3-4,8H2,(H,15,16). The van der Waals surface area contributed by atoms with Gasteiger partial charge in [0.25, 0.3) is 0 Å². The molecule has 0 fully saturated rings. The van der Waals surface area contributed by atoms with Crippen LogP contribution in [0.2, 0.25) is 0 Å². The maximum absolute atomic E-state index is 8.96. The number of aromatic nitrogens is 2. The van der Waals surface area contributed by atoms with E-state index in [-0.39, 0.29) is 0 Å². The lowest BCUT2D eigenvalue weighted by molar-refractivity contribution is 0.306. The Bertz CT molecular complexity index is 586. The number of nitrogens with zero attached hydrogens (tertiary/aromatic N) is 3. The first-order valence-corrected chi connectivity index (χ1v) is 5.76. The third-order valence-corrected chi connectivity index (χ3v) is 2.96. The van der Waals surface area contributed by atoms with E-state index in [1.54, 1.807) is 12.4 Å². The van der Waals surface area contributed by atoms with Crippen LogP contribution in [0.3, 0.4) is 0 Å². The second kappa shape index (κ2) is 4.41. The van der Waals surface area contributed by atoms with Crippen LogP contribution in [0, 0.1) is 11.3 Å². The Balaban J connectivity index is 1.93. The molecule has 1 aromatic heterocycles. The summed E-state index contributed by atoms with van der Waals surface area (Å²) in [7, 11) is 0. The molecule has 3 rings (SSSR count). The van der Waals surface area contributed by atoms with E-state index in [9.17, 15) is 0 Å². The summed E-state index contributed by atoms with van der Waals surface area (Å²) < 4.78 is 5.59. The van der Waals surface area contributed by atoms with E-state index in [1.165, 1.54) is 0 Å². The Kier molecular flexibility index (Phi) is 2.61. The molecule has 18 heavy (non-hydrogen) atoms. The van der Waals surface area contributed by atoms with Crippen LogP contribution in [0.4, 0.5) is 5.69 Å². The molecule has 0 atom stereocenters. The van der Waals surface area contributed by atoms with Crippen LogP contribution in [0.15, 0.2) is 30.7 Å². The van der Waals surface area contributed by atoms with E-state index in [1.807, 2.05) is 18.3 Å². The predicted molar refractivity (Wildman–Crippen MR) is 66.3 cm³/mol. The summed E-state index contributed by atoms with van der Waals surface area (Å²) in [6, 6.07) is 7.64. The molecule has 0 bridgehead atoms. The number of rotatable bonds is 2. The fourth-order valence-electron chi connectivity index (χ4n) is 2.08. The molecular weight excluding hydrogens is 228 g/mol. The highest BCUT2D eigenvalue weighted by Gasteiger charge is 2.19. The smallest absolute Gasteiger partial charge is 0.142 e. The zero-order chi connectivity index (χ0) is 12.4. The molecule has 0 aliphatic carbocycles. The van der Waals surface area contributed by atoms with Crippen LogP contribution in [0.1, 0.15) is 11.3 Å². The molecule has 2 aromatic rings. The van der Waals surface area contributed by atoms with Gasteiger partial charge in [0.1, 0.15) is 12.4 Å². The summed E-state index contributed by atoms with van der Waals surface area (Å²) >= 11 is 0. The summed E-state index contributed by atoms with van der Waals surface area (Å²) in [6.45, 7) is 2.17. The average Bonchev–Trinajstić information content (AvgIpc) is 2.91. The second-order valence-corrected chi connectivity index (χ2v) is 4.12. The normalized spacial score (nSPS) is 13.6. The van der Waals surface area contributed by atoms with Crippen molar-refractivity contribution in [2.75, 3.05) is 18.1 Å². The highest BCUT2D eigenvalue weighted by atomic mass is 16.5. The van der Waals surface area contributed by atoms with Crippen LogP contribution in [-0.2, 0) is 6.54 Å². The number of fused-ring (bicyclic) bond motifs is 1. The predicted octanol–water partition coefficient (Wildman–Crippen LogP) is 1.68. The first kappa shape index (κ1) is 10.7. The Morgan fingerprint density at radius 1 is 1.50 bits per heavy atom. The van der Waals surface area contributed by atoms with Gasteiger partial charge >= 0.3 is 0 Å². The van der Waals surface area contributed by atoms with Gasteiger partial charge in [0, 0.05) is 6.20 Å². The summed E-state index contributed by atoms with van der Waals surface area (Å²) in [5, 5.41) is 8.96. The number of anilines is 1. The number of nitriles is 1. The third kappa shape index (κ3) is 1.89. The van der Waals surface area contributed by atoms with Crippen molar-refractivity contribution in [2.24, 2.45) is 0 Å². The van der Waals surface area contributed by atoms with E-state index in [4.69, 9.17) is 10.00 Å². The molecule has 0 unspecified atom stereocenters. The summed E-state index contributed by atoms with van der Waals surface area (Å²) in [5.74, 6) is 0.829. The van der Waals surface area contributed by atoms with Crippen molar-refractivity contribution in [3.63, 3.8) is 0 Å². The van der Waals surface area contributed by atoms with Gasteiger partial charge in [0.15, 0.2) is 0 Å². The number of hydrogen-bond donors (Lipinski definition) is 1. The highest BCUT2D eigenvalue weighted by molar-refractivity contribution is 5.63.